The zero-order chi connectivity index (χ0) is 12.4. The Morgan fingerprint density at radius 3 is 2.71 bits per heavy atom. The second-order valence-corrected chi connectivity index (χ2v) is 3.71. The van der Waals surface area contributed by atoms with E-state index < -0.39 is 5.97 Å². The van der Waals surface area contributed by atoms with Crippen molar-refractivity contribution in [3.8, 4) is 0 Å². The average molecular weight is 229 g/mol. The van der Waals surface area contributed by atoms with E-state index in [2.05, 4.69) is 0 Å². The highest BCUT2D eigenvalue weighted by Gasteiger charge is 2.08. The minimum absolute atomic E-state index is 0.364. The molecule has 1 N–H and O–H groups in total. The molecule has 0 aliphatic rings. The van der Waals surface area contributed by atoms with Gasteiger partial charge in [0.25, 0.3) is 5.91 Å². The number of hydrogen-bond donors (Lipinski definition) is 1. The van der Waals surface area contributed by atoms with Crippen LogP contribution in [0.3, 0.4) is 0 Å². The number of carbonyl (C=O) groups excluding carboxylic acids is 1. The molecule has 2 aromatic rings. The third kappa shape index (κ3) is 2.10. The third-order valence-corrected chi connectivity index (χ3v) is 2.52. The Bertz CT molecular complexity index is 623. The van der Waals surface area contributed by atoms with Gasteiger partial charge in [0, 0.05) is 23.7 Å². The van der Waals surface area contributed by atoms with E-state index in [1.807, 2.05) is 31.2 Å². The maximum atomic E-state index is 11.8. The first-order valence-electron chi connectivity index (χ1n) is 5.11. The van der Waals surface area contributed by atoms with E-state index in [0.717, 1.165) is 28.6 Å². The van der Waals surface area contributed by atoms with Crippen molar-refractivity contribution in [3.05, 3.63) is 48.2 Å². The number of rotatable bonds is 2. The summed E-state index contributed by atoms with van der Waals surface area (Å²) in [7, 11) is 0. The van der Waals surface area contributed by atoms with Crippen LogP contribution in [0.15, 0.2) is 42.6 Å². The minimum atomic E-state index is -1.13. The fourth-order valence-electron chi connectivity index (χ4n) is 1.78. The summed E-state index contributed by atoms with van der Waals surface area (Å²) < 4.78 is 1.45. The van der Waals surface area contributed by atoms with Gasteiger partial charge < -0.3 is 5.11 Å². The van der Waals surface area contributed by atoms with Crippen LogP contribution in [0.4, 0.5) is 0 Å². The highest BCUT2D eigenvalue weighted by atomic mass is 16.4. The number of fused-ring (bicyclic) bond motifs is 1. The van der Waals surface area contributed by atoms with E-state index in [1.54, 1.807) is 6.20 Å². The summed E-state index contributed by atoms with van der Waals surface area (Å²) in [6, 6.07) is 7.56. The van der Waals surface area contributed by atoms with Gasteiger partial charge in [-0.25, -0.2) is 4.79 Å². The van der Waals surface area contributed by atoms with Gasteiger partial charge in [0.15, 0.2) is 0 Å². The van der Waals surface area contributed by atoms with Crippen LogP contribution in [0.2, 0.25) is 0 Å². The standard InChI is InChI=1S/C13H11NO3/c1-9-3-2-4-10-7-8-14(13(9)10)11(15)5-6-12(16)17/h2-8H,1H3,(H,16,17)/b6-5+. The molecule has 0 radical (unpaired) electrons. The van der Waals surface area contributed by atoms with Crippen LogP contribution >= 0.6 is 0 Å². The van der Waals surface area contributed by atoms with E-state index in [1.165, 1.54) is 4.57 Å². The molecule has 0 fully saturated rings. The van der Waals surface area contributed by atoms with Crippen LogP contribution in [0, 0.1) is 6.92 Å². The van der Waals surface area contributed by atoms with Crippen molar-refractivity contribution in [2.75, 3.05) is 0 Å². The zero-order valence-electron chi connectivity index (χ0n) is 9.25. The van der Waals surface area contributed by atoms with Crippen molar-refractivity contribution >= 4 is 22.8 Å². The minimum Gasteiger partial charge on any atom is -0.478 e. The monoisotopic (exact) mass is 229 g/mol. The summed E-state index contributed by atoms with van der Waals surface area (Å²) in [5.41, 5.74) is 1.79. The molecule has 17 heavy (non-hydrogen) atoms. The molecule has 0 aliphatic heterocycles. The van der Waals surface area contributed by atoms with E-state index >= 15 is 0 Å². The van der Waals surface area contributed by atoms with Gasteiger partial charge in [0.2, 0.25) is 0 Å². The summed E-state index contributed by atoms with van der Waals surface area (Å²) in [4.78, 5) is 22.1. The molecule has 0 amide bonds. The van der Waals surface area contributed by atoms with Gasteiger partial charge in [0.05, 0.1) is 5.52 Å². The van der Waals surface area contributed by atoms with Crippen molar-refractivity contribution in [2.24, 2.45) is 0 Å². The normalized spacial score (nSPS) is 11.1. The van der Waals surface area contributed by atoms with Crippen molar-refractivity contribution in [1.29, 1.82) is 0 Å². The number of carboxylic acid groups (broad SMARTS) is 1. The van der Waals surface area contributed by atoms with Crippen LogP contribution in [0.1, 0.15) is 10.4 Å². The van der Waals surface area contributed by atoms with Crippen molar-refractivity contribution in [1.82, 2.24) is 4.57 Å². The molecule has 86 valence electrons. The van der Waals surface area contributed by atoms with Gasteiger partial charge in [0.1, 0.15) is 0 Å². The van der Waals surface area contributed by atoms with Gasteiger partial charge in [-0.15, -0.1) is 0 Å². The number of aromatic nitrogens is 1. The smallest absolute Gasteiger partial charge is 0.328 e. The second kappa shape index (κ2) is 4.25. The molecule has 0 atom stereocenters. The Morgan fingerprint density at radius 2 is 2.00 bits per heavy atom. The van der Waals surface area contributed by atoms with Crippen LogP contribution < -0.4 is 0 Å². The Hall–Kier alpha value is -2.36. The molecule has 0 saturated carbocycles. The van der Waals surface area contributed by atoms with Crippen LogP contribution in [0.25, 0.3) is 10.9 Å². The van der Waals surface area contributed by atoms with Gasteiger partial charge in [-0.05, 0) is 18.6 Å². The number of benzene rings is 1. The van der Waals surface area contributed by atoms with Crippen LogP contribution in [0.5, 0.6) is 0 Å². The van der Waals surface area contributed by atoms with Gasteiger partial charge in [-0.2, -0.15) is 0 Å². The summed E-state index contributed by atoms with van der Waals surface area (Å²) in [5.74, 6) is -1.50. The van der Waals surface area contributed by atoms with Gasteiger partial charge in [-0.3, -0.25) is 9.36 Å². The fraction of sp³-hybridized carbons (Fsp3) is 0.0769. The van der Waals surface area contributed by atoms with Crippen LogP contribution in [-0.2, 0) is 4.79 Å². The number of carbonyl (C=O) groups is 2. The predicted molar refractivity (Wildman–Crippen MR) is 64.1 cm³/mol. The molecular weight excluding hydrogens is 218 g/mol. The second-order valence-electron chi connectivity index (χ2n) is 3.71. The topological polar surface area (TPSA) is 59.3 Å². The Balaban J connectivity index is 2.49. The first-order valence-corrected chi connectivity index (χ1v) is 5.11. The molecule has 4 heteroatoms. The summed E-state index contributed by atoms with van der Waals surface area (Å²) in [6.07, 6.45) is 3.53. The number of carboxylic acids is 1. The first-order chi connectivity index (χ1) is 8.09. The first kappa shape index (κ1) is 11.1. The molecule has 1 heterocycles. The largest absolute Gasteiger partial charge is 0.478 e. The molecule has 1 aromatic heterocycles. The lowest BCUT2D eigenvalue weighted by molar-refractivity contribution is -0.131. The molecule has 0 bridgehead atoms. The van der Waals surface area contributed by atoms with E-state index in [4.69, 9.17) is 5.11 Å². The average Bonchev–Trinajstić information content (AvgIpc) is 2.71. The Morgan fingerprint density at radius 1 is 1.24 bits per heavy atom. The molecule has 0 aliphatic carbocycles. The lowest BCUT2D eigenvalue weighted by atomic mass is 10.2. The lowest BCUT2D eigenvalue weighted by Crippen LogP contribution is -2.07. The fourth-order valence-corrected chi connectivity index (χ4v) is 1.78. The molecule has 2 rings (SSSR count). The molecule has 0 saturated heterocycles. The number of hydrogen-bond acceptors (Lipinski definition) is 2. The van der Waals surface area contributed by atoms with Crippen molar-refractivity contribution < 1.29 is 14.7 Å². The highest BCUT2D eigenvalue weighted by Crippen LogP contribution is 2.19. The molecular formula is C13H11NO3. The maximum Gasteiger partial charge on any atom is 0.328 e. The third-order valence-electron chi connectivity index (χ3n) is 2.52. The number of aliphatic carboxylic acids is 1. The van der Waals surface area contributed by atoms with Gasteiger partial charge >= 0.3 is 5.97 Å². The maximum absolute atomic E-state index is 11.8. The van der Waals surface area contributed by atoms with E-state index in [0.29, 0.717) is 0 Å². The summed E-state index contributed by atoms with van der Waals surface area (Å²) in [6.45, 7) is 1.91. The van der Waals surface area contributed by atoms with E-state index in [9.17, 15) is 9.59 Å². The van der Waals surface area contributed by atoms with Crippen LogP contribution in [-0.4, -0.2) is 21.6 Å². The number of allylic oxidation sites excluding steroid dienone is 1. The van der Waals surface area contributed by atoms with Gasteiger partial charge in [-0.1, -0.05) is 18.2 Å². The molecule has 1 aromatic carbocycles. The SMILES string of the molecule is Cc1cccc2ccn(C(=O)/C=C/C(=O)O)c12. The molecule has 0 unspecified atom stereocenters. The molecule has 0 spiro atoms. The lowest BCUT2D eigenvalue weighted by Gasteiger charge is -2.02. The van der Waals surface area contributed by atoms with Crippen molar-refractivity contribution in [2.45, 2.75) is 6.92 Å². The Kier molecular flexibility index (Phi) is 2.78. The summed E-state index contributed by atoms with van der Waals surface area (Å²) >= 11 is 0. The van der Waals surface area contributed by atoms with Crippen molar-refractivity contribution in [3.63, 3.8) is 0 Å². The number of aryl methyl sites for hydroxylation is 1. The number of nitrogens with zero attached hydrogens (tertiary/aromatic N) is 1. The summed E-state index contributed by atoms with van der Waals surface area (Å²) in [5, 5.41) is 9.44. The highest BCUT2D eigenvalue weighted by molar-refractivity contribution is 6.01. The predicted octanol–water partition coefficient (Wildman–Crippen LogP) is 2.23. The number of para-hydroxylation sites is 1. The quantitative estimate of drug-likeness (QED) is 0.803. The molecule has 4 nitrogen and oxygen atoms in total. The van der Waals surface area contributed by atoms with E-state index in [-0.39, 0.29) is 5.91 Å². The Labute approximate surface area is 97.8 Å². The zero-order valence-corrected chi connectivity index (χ0v) is 9.25.